The van der Waals surface area contributed by atoms with Crippen LogP contribution in [-0.2, 0) is 20.3 Å². The van der Waals surface area contributed by atoms with Gasteiger partial charge in [-0.05, 0) is 13.8 Å². The lowest BCUT2D eigenvalue weighted by Gasteiger charge is -2.10. The van der Waals surface area contributed by atoms with Crippen LogP contribution in [0.25, 0.3) is 0 Å². The van der Waals surface area contributed by atoms with Crippen molar-refractivity contribution >= 4 is 17.3 Å². The summed E-state index contributed by atoms with van der Waals surface area (Å²) in [7, 11) is 0. The lowest BCUT2D eigenvalue weighted by molar-refractivity contribution is -0.117. The third kappa shape index (κ3) is 6.44. The van der Waals surface area contributed by atoms with E-state index in [4.69, 9.17) is 4.55 Å². The number of amides is 1. The summed E-state index contributed by atoms with van der Waals surface area (Å²) in [6.07, 6.45) is -0.505. The van der Waals surface area contributed by atoms with Crippen LogP contribution in [0.2, 0.25) is 0 Å². The minimum Gasteiger partial charge on any atom is -0.350 e. The van der Waals surface area contributed by atoms with E-state index in [9.17, 15) is 9.00 Å². The summed E-state index contributed by atoms with van der Waals surface area (Å²) in [5.74, 6) is -0.292. The monoisotopic (exact) mass is 207 g/mol. The van der Waals surface area contributed by atoms with Crippen molar-refractivity contribution in [2.45, 2.75) is 20.0 Å². The van der Waals surface area contributed by atoms with Crippen molar-refractivity contribution in [3.8, 4) is 0 Å². The van der Waals surface area contributed by atoms with Crippen LogP contribution in [-0.4, -0.2) is 27.3 Å². The molecule has 0 saturated carbocycles. The van der Waals surface area contributed by atoms with Crippen molar-refractivity contribution in [3.63, 3.8) is 0 Å². The van der Waals surface area contributed by atoms with Crippen LogP contribution >= 0.6 is 0 Å². The molecular formula is C7H13NO4S. The maximum atomic E-state index is 10.9. The highest BCUT2D eigenvalue weighted by molar-refractivity contribution is 7.74. The van der Waals surface area contributed by atoms with Gasteiger partial charge >= 0.3 is 11.4 Å². The molecule has 0 aromatic carbocycles. The Hall–Kier alpha value is -0.720. The SMILES string of the molecule is C=C(C)C(=O)NCC(C)OS(=O)O. The second kappa shape index (κ2) is 5.85. The van der Waals surface area contributed by atoms with E-state index in [0.29, 0.717) is 5.57 Å². The molecule has 2 atom stereocenters. The third-order valence-corrected chi connectivity index (χ3v) is 1.68. The number of hydrogen-bond acceptors (Lipinski definition) is 3. The zero-order valence-electron chi connectivity index (χ0n) is 7.57. The Balaban J connectivity index is 3.70. The summed E-state index contributed by atoms with van der Waals surface area (Å²) in [5.41, 5.74) is 0.386. The average molecular weight is 207 g/mol. The van der Waals surface area contributed by atoms with E-state index in [-0.39, 0.29) is 12.5 Å². The molecule has 13 heavy (non-hydrogen) atoms. The highest BCUT2D eigenvalue weighted by atomic mass is 32.2. The van der Waals surface area contributed by atoms with Crippen LogP contribution in [0.1, 0.15) is 13.8 Å². The molecule has 0 aromatic rings. The summed E-state index contributed by atoms with van der Waals surface area (Å²) in [6.45, 7) is 6.76. The lowest BCUT2D eigenvalue weighted by Crippen LogP contribution is -2.32. The van der Waals surface area contributed by atoms with Crippen LogP contribution in [0.3, 0.4) is 0 Å². The normalized spacial score (nSPS) is 14.7. The van der Waals surface area contributed by atoms with Crippen LogP contribution in [0, 0.1) is 0 Å². The van der Waals surface area contributed by atoms with E-state index in [1.807, 2.05) is 0 Å². The van der Waals surface area contributed by atoms with E-state index < -0.39 is 17.5 Å². The molecule has 0 aliphatic carbocycles. The van der Waals surface area contributed by atoms with Gasteiger partial charge in [-0.3, -0.25) is 13.5 Å². The van der Waals surface area contributed by atoms with E-state index in [1.54, 1.807) is 13.8 Å². The van der Waals surface area contributed by atoms with Gasteiger partial charge in [-0.25, -0.2) is 0 Å². The predicted octanol–water partition coefficient (Wildman–Crippen LogP) is 0.221. The molecule has 0 heterocycles. The largest absolute Gasteiger partial charge is 0.350 e. The summed E-state index contributed by atoms with van der Waals surface area (Å²) in [6, 6.07) is 0. The fourth-order valence-corrected chi connectivity index (χ4v) is 0.911. The van der Waals surface area contributed by atoms with Gasteiger partial charge in [0.2, 0.25) is 5.91 Å². The lowest BCUT2D eigenvalue weighted by atomic mass is 10.3. The Morgan fingerprint density at radius 3 is 2.69 bits per heavy atom. The van der Waals surface area contributed by atoms with Crippen molar-refractivity contribution in [3.05, 3.63) is 12.2 Å². The van der Waals surface area contributed by atoms with Crippen LogP contribution < -0.4 is 5.32 Å². The van der Waals surface area contributed by atoms with Crippen LogP contribution in [0.5, 0.6) is 0 Å². The Bertz CT molecular complexity index is 229. The van der Waals surface area contributed by atoms with Gasteiger partial charge in [0.15, 0.2) is 0 Å². The number of hydrogen-bond donors (Lipinski definition) is 2. The summed E-state index contributed by atoms with van der Waals surface area (Å²) >= 11 is -2.29. The van der Waals surface area contributed by atoms with Crippen molar-refractivity contribution in [1.82, 2.24) is 5.32 Å². The standard InChI is InChI=1S/C7H13NO4S/c1-5(2)7(9)8-4-6(3)12-13(10)11/h6H,1,4H2,2-3H3,(H,8,9)(H,10,11). The highest BCUT2D eigenvalue weighted by Gasteiger charge is 2.08. The number of nitrogens with one attached hydrogen (secondary N) is 1. The zero-order chi connectivity index (χ0) is 10.4. The molecule has 2 N–H and O–H groups in total. The van der Waals surface area contributed by atoms with Gasteiger partial charge < -0.3 is 5.32 Å². The van der Waals surface area contributed by atoms with E-state index in [2.05, 4.69) is 16.1 Å². The molecule has 0 aromatic heterocycles. The molecule has 76 valence electrons. The maximum absolute atomic E-state index is 10.9. The van der Waals surface area contributed by atoms with Crippen LogP contribution in [0.15, 0.2) is 12.2 Å². The van der Waals surface area contributed by atoms with E-state index in [1.165, 1.54) is 0 Å². The fraction of sp³-hybridized carbons (Fsp3) is 0.571. The first-order chi connectivity index (χ1) is 5.93. The predicted molar refractivity (Wildman–Crippen MR) is 49.1 cm³/mol. The molecule has 6 heteroatoms. The molecule has 0 radical (unpaired) electrons. The Morgan fingerprint density at radius 2 is 2.31 bits per heavy atom. The van der Waals surface area contributed by atoms with Crippen molar-refractivity contribution in [1.29, 1.82) is 0 Å². The first kappa shape index (κ1) is 12.3. The van der Waals surface area contributed by atoms with Crippen molar-refractivity contribution < 1.29 is 17.7 Å². The number of carbonyl (C=O) groups is 1. The molecule has 5 nitrogen and oxygen atoms in total. The Labute approximate surface area is 79.7 Å². The van der Waals surface area contributed by atoms with E-state index in [0.717, 1.165) is 0 Å². The molecule has 0 spiro atoms. The second-order valence-electron chi connectivity index (χ2n) is 2.61. The first-order valence-corrected chi connectivity index (χ1v) is 4.68. The van der Waals surface area contributed by atoms with Gasteiger partial charge in [0.1, 0.15) is 0 Å². The molecule has 1 amide bonds. The minimum atomic E-state index is -2.29. The van der Waals surface area contributed by atoms with Gasteiger partial charge in [0.25, 0.3) is 0 Å². The first-order valence-electron chi connectivity index (χ1n) is 3.65. The molecule has 0 saturated heterocycles. The molecule has 0 fully saturated rings. The van der Waals surface area contributed by atoms with Gasteiger partial charge in [-0.1, -0.05) is 6.58 Å². The summed E-state index contributed by atoms with van der Waals surface area (Å²) in [4.78, 5) is 10.9. The molecule has 0 aliphatic rings. The highest BCUT2D eigenvalue weighted by Crippen LogP contribution is 1.92. The Morgan fingerprint density at radius 1 is 1.77 bits per heavy atom. The van der Waals surface area contributed by atoms with Crippen LogP contribution in [0.4, 0.5) is 0 Å². The smallest absolute Gasteiger partial charge is 0.302 e. The quantitative estimate of drug-likeness (QED) is 0.499. The topological polar surface area (TPSA) is 75.6 Å². The number of carbonyl (C=O) groups excluding carboxylic acids is 1. The minimum absolute atomic E-state index is 0.179. The van der Waals surface area contributed by atoms with Gasteiger partial charge in [0, 0.05) is 12.1 Å². The molecule has 0 aliphatic heterocycles. The van der Waals surface area contributed by atoms with Crippen molar-refractivity contribution in [2.24, 2.45) is 0 Å². The van der Waals surface area contributed by atoms with Crippen molar-refractivity contribution in [2.75, 3.05) is 6.54 Å². The maximum Gasteiger partial charge on any atom is 0.302 e. The summed E-state index contributed by atoms with van der Waals surface area (Å²) in [5, 5.41) is 2.48. The second-order valence-corrected chi connectivity index (χ2v) is 3.24. The average Bonchev–Trinajstić information content (AvgIpc) is 1.98. The fourth-order valence-electron chi connectivity index (χ4n) is 0.562. The number of rotatable bonds is 5. The molecule has 2 unspecified atom stereocenters. The Kier molecular flexibility index (Phi) is 5.52. The summed E-state index contributed by atoms with van der Waals surface area (Å²) < 4.78 is 22.9. The molecule has 0 rings (SSSR count). The van der Waals surface area contributed by atoms with Gasteiger partial charge in [-0.2, -0.15) is 4.21 Å². The van der Waals surface area contributed by atoms with Gasteiger partial charge in [-0.15, -0.1) is 0 Å². The van der Waals surface area contributed by atoms with E-state index >= 15 is 0 Å². The zero-order valence-corrected chi connectivity index (χ0v) is 8.39. The van der Waals surface area contributed by atoms with Gasteiger partial charge in [0.05, 0.1) is 6.10 Å². The molecule has 0 bridgehead atoms. The molecular weight excluding hydrogens is 194 g/mol. The third-order valence-electron chi connectivity index (χ3n) is 1.18.